The van der Waals surface area contributed by atoms with E-state index in [9.17, 15) is 13.2 Å². The fourth-order valence-electron chi connectivity index (χ4n) is 2.22. The van der Waals surface area contributed by atoms with Gasteiger partial charge in [-0.05, 0) is 18.2 Å². The van der Waals surface area contributed by atoms with Crippen LogP contribution in [0.2, 0.25) is 10.0 Å². The van der Waals surface area contributed by atoms with E-state index in [4.69, 9.17) is 27.9 Å². The molecule has 7 nitrogen and oxygen atoms in total. The second kappa shape index (κ2) is 7.88. The van der Waals surface area contributed by atoms with E-state index in [2.05, 4.69) is 0 Å². The molecule has 1 amide bonds. The summed E-state index contributed by atoms with van der Waals surface area (Å²) in [5.74, 6) is 0.158. The molecule has 1 saturated heterocycles. The largest absolute Gasteiger partial charge is 0.482 e. The number of amides is 1. The van der Waals surface area contributed by atoms with Gasteiger partial charge in [0, 0.05) is 45.3 Å². The van der Waals surface area contributed by atoms with Crippen LogP contribution in [0.5, 0.6) is 5.75 Å². The molecule has 1 aromatic rings. The molecule has 0 N–H and O–H groups in total. The molecule has 0 saturated carbocycles. The Labute approximate surface area is 151 Å². The maximum Gasteiger partial charge on any atom is 0.281 e. The zero-order chi connectivity index (χ0) is 17.9. The molecule has 1 heterocycles. The third kappa shape index (κ3) is 4.52. The average molecular weight is 396 g/mol. The topological polar surface area (TPSA) is 70.2 Å². The standard InChI is InChI=1S/C14H19Cl2N3O4S/c1-17(2)24(21,22)19-7-5-18(6-8-19)14(20)10-23-13-4-3-11(15)9-12(13)16/h3-4,9H,5-8,10H2,1-2H3. The molecule has 1 aromatic carbocycles. The first kappa shape index (κ1) is 19.3. The van der Waals surface area contributed by atoms with Gasteiger partial charge in [-0.2, -0.15) is 17.0 Å². The zero-order valence-electron chi connectivity index (χ0n) is 13.4. The highest BCUT2D eigenvalue weighted by atomic mass is 35.5. The minimum atomic E-state index is -3.45. The van der Waals surface area contributed by atoms with Gasteiger partial charge >= 0.3 is 0 Å². The zero-order valence-corrected chi connectivity index (χ0v) is 15.7. The van der Waals surface area contributed by atoms with Gasteiger partial charge in [-0.25, -0.2) is 0 Å². The van der Waals surface area contributed by atoms with Crippen LogP contribution in [-0.4, -0.2) is 74.7 Å². The molecule has 1 aliphatic rings. The summed E-state index contributed by atoms with van der Waals surface area (Å²) in [4.78, 5) is 13.8. The Bertz CT molecular complexity index is 704. The number of benzene rings is 1. The van der Waals surface area contributed by atoms with Crippen molar-refractivity contribution in [3.63, 3.8) is 0 Å². The lowest BCUT2D eigenvalue weighted by atomic mass is 10.3. The number of carbonyl (C=O) groups is 1. The first-order valence-electron chi connectivity index (χ1n) is 7.25. The molecule has 0 spiro atoms. The molecule has 1 fully saturated rings. The first-order chi connectivity index (χ1) is 11.2. The van der Waals surface area contributed by atoms with Gasteiger partial charge in [0.15, 0.2) is 6.61 Å². The molecular weight excluding hydrogens is 377 g/mol. The van der Waals surface area contributed by atoms with Crippen molar-refractivity contribution in [1.29, 1.82) is 0 Å². The van der Waals surface area contributed by atoms with Gasteiger partial charge in [0.1, 0.15) is 5.75 Å². The summed E-state index contributed by atoms with van der Waals surface area (Å²) in [6, 6.07) is 4.76. The fourth-order valence-corrected chi connectivity index (χ4v) is 3.77. The summed E-state index contributed by atoms with van der Waals surface area (Å²) >= 11 is 11.8. The minimum Gasteiger partial charge on any atom is -0.482 e. The van der Waals surface area contributed by atoms with Crippen LogP contribution in [-0.2, 0) is 15.0 Å². The minimum absolute atomic E-state index is 0.165. The monoisotopic (exact) mass is 395 g/mol. The molecule has 24 heavy (non-hydrogen) atoms. The summed E-state index contributed by atoms with van der Waals surface area (Å²) < 4.78 is 32.0. The van der Waals surface area contributed by atoms with E-state index in [1.54, 1.807) is 17.0 Å². The molecular formula is C14H19Cl2N3O4S. The maximum atomic E-state index is 12.2. The summed E-state index contributed by atoms with van der Waals surface area (Å²) in [5, 5.41) is 0.814. The normalized spacial score (nSPS) is 16.5. The van der Waals surface area contributed by atoms with E-state index in [1.165, 1.54) is 24.5 Å². The summed E-state index contributed by atoms with van der Waals surface area (Å²) in [6.07, 6.45) is 0. The van der Waals surface area contributed by atoms with Gasteiger partial charge in [-0.1, -0.05) is 23.2 Å². The predicted molar refractivity (Wildman–Crippen MR) is 92.7 cm³/mol. The van der Waals surface area contributed by atoms with E-state index in [0.717, 1.165) is 4.31 Å². The van der Waals surface area contributed by atoms with Crippen molar-refractivity contribution in [2.75, 3.05) is 46.9 Å². The van der Waals surface area contributed by atoms with Gasteiger partial charge in [0.2, 0.25) is 0 Å². The maximum absolute atomic E-state index is 12.2. The highest BCUT2D eigenvalue weighted by Gasteiger charge is 2.30. The van der Waals surface area contributed by atoms with Crippen LogP contribution >= 0.6 is 23.2 Å². The third-order valence-corrected chi connectivity index (χ3v) is 6.10. The second-order valence-electron chi connectivity index (χ2n) is 5.43. The summed E-state index contributed by atoms with van der Waals surface area (Å²) in [6.45, 7) is 0.997. The van der Waals surface area contributed by atoms with Crippen molar-refractivity contribution in [1.82, 2.24) is 13.5 Å². The van der Waals surface area contributed by atoms with Gasteiger partial charge in [0.05, 0.1) is 5.02 Å². The van der Waals surface area contributed by atoms with E-state index in [0.29, 0.717) is 28.9 Å². The molecule has 1 aliphatic heterocycles. The number of piperazine rings is 1. The van der Waals surface area contributed by atoms with E-state index >= 15 is 0 Å². The van der Waals surface area contributed by atoms with Gasteiger partial charge < -0.3 is 9.64 Å². The molecule has 2 rings (SSSR count). The number of halogens is 2. The number of hydrogen-bond acceptors (Lipinski definition) is 4. The van der Waals surface area contributed by atoms with E-state index in [1.807, 2.05) is 0 Å². The van der Waals surface area contributed by atoms with Crippen molar-refractivity contribution in [3.8, 4) is 5.75 Å². The Balaban J connectivity index is 1.87. The van der Waals surface area contributed by atoms with Crippen LogP contribution in [0, 0.1) is 0 Å². The van der Waals surface area contributed by atoms with Crippen molar-refractivity contribution < 1.29 is 17.9 Å². The quantitative estimate of drug-likeness (QED) is 0.753. The molecule has 0 aromatic heterocycles. The Morgan fingerprint density at radius 2 is 1.83 bits per heavy atom. The molecule has 0 atom stereocenters. The average Bonchev–Trinajstić information content (AvgIpc) is 2.53. The highest BCUT2D eigenvalue weighted by molar-refractivity contribution is 7.86. The highest BCUT2D eigenvalue weighted by Crippen LogP contribution is 2.27. The molecule has 0 radical (unpaired) electrons. The van der Waals surface area contributed by atoms with Crippen LogP contribution in [0.1, 0.15) is 0 Å². The predicted octanol–water partition coefficient (Wildman–Crippen LogP) is 1.32. The van der Waals surface area contributed by atoms with Crippen LogP contribution in [0.25, 0.3) is 0 Å². The van der Waals surface area contributed by atoms with E-state index in [-0.39, 0.29) is 25.6 Å². The number of hydrogen-bond donors (Lipinski definition) is 0. The van der Waals surface area contributed by atoms with Crippen LogP contribution < -0.4 is 4.74 Å². The van der Waals surface area contributed by atoms with Crippen molar-refractivity contribution in [3.05, 3.63) is 28.2 Å². The molecule has 0 aliphatic carbocycles. The first-order valence-corrected chi connectivity index (χ1v) is 9.40. The lowest BCUT2D eigenvalue weighted by Gasteiger charge is -2.35. The van der Waals surface area contributed by atoms with E-state index < -0.39 is 10.2 Å². The Morgan fingerprint density at radius 1 is 1.21 bits per heavy atom. The Kier molecular flexibility index (Phi) is 6.33. The molecule has 10 heteroatoms. The number of rotatable bonds is 5. The lowest BCUT2D eigenvalue weighted by molar-refractivity contribution is -0.134. The Morgan fingerprint density at radius 3 is 2.38 bits per heavy atom. The second-order valence-corrected chi connectivity index (χ2v) is 8.42. The van der Waals surface area contributed by atoms with Gasteiger partial charge in [-0.15, -0.1) is 0 Å². The van der Waals surface area contributed by atoms with Crippen molar-refractivity contribution >= 4 is 39.3 Å². The van der Waals surface area contributed by atoms with Crippen LogP contribution in [0.3, 0.4) is 0 Å². The number of carbonyl (C=O) groups excluding carboxylic acids is 1. The molecule has 0 bridgehead atoms. The Hall–Kier alpha value is -1.06. The smallest absolute Gasteiger partial charge is 0.281 e. The summed E-state index contributed by atoms with van der Waals surface area (Å²) in [5.41, 5.74) is 0. The van der Waals surface area contributed by atoms with Crippen molar-refractivity contribution in [2.24, 2.45) is 0 Å². The summed E-state index contributed by atoms with van der Waals surface area (Å²) in [7, 11) is -0.481. The third-order valence-electron chi connectivity index (χ3n) is 3.62. The molecule has 0 unspecified atom stereocenters. The van der Waals surface area contributed by atoms with Gasteiger partial charge in [0.25, 0.3) is 16.1 Å². The molecule has 134 valence electrons. The number of nitrogens with zero attached hydrogens (tertiary/aromatic N) is 3. The SMILES string of the molecule is CN(C)S(=O)(=O)N1CCN(C(=O)COc2ccc(Cl)cc2Cl)CC1. The number of ether oxygens (including phenoxy) is 1. The van der Waals surface area contributed by atoms with Crippen molar-refractivity contribution in [2.45, 2.75) is 0 Å². The van der Waals surface area contributed by atoms with Crippen LogP contribution in [0.4, 0.5) is 0 Å². The van der Waals surface area contributed by atoms with Gasteiger partial charge in [-0.3, -0.25) is 4.79 Å². The fraction of sp³-hybridized carbons (Fsp3) is 0.500. The van der Waals surface area contributed by atoms with Crippen LogP contribution in [0.15, 0.2) is 18.2 Å². The lowest BCUT2D eigenvalue weighted by Crippen LogP contribution is -2.53.